The molecule has 0 aromatic heterocycles. The molecule has 0 spiro atoms. The van der Waals surface area contributed by atoms with Gasteiger partial charge in [0.25, 0.3) is 0 Å². The molecular weight excluding hydrogens is 311 g/mol. The molecule has 0 aliphatic carbocycles. The predicted molar refractivity (Wildman–Crippen MR) is 84.2 cm³/mol. The van der Waals surface area contributed by atoms with E-state index in [1.54, 1.807) is 18.2 Å². The zero-order chi connectivity index (χ0) is 15.4. The van der Waals surface area contributed by atoms with Crippen LogP contribution in [-0.4, -0.2) is 10.9 Å². The van der Waals surface area contributed by atoms with Crippen LogP contribution in [0.5, 0.6) is 5.75 Å². The summed E-state index contributed by atoms with van der Waals surface area (Å²) in [5.41, 5.74) is -0.201. The van der Waals surface area contributed by atoms with Crippen molar-refractivity contribution < 1.29 is 9.90 Å². The van der Waals surface area contributed by atoms with Gasteiger partial charge in [0.2, 0.25) is 5.43 Å². The normalized spacial score (nSPS) is 10.8. The molecule has 5 heteroatoms. The van der Waals surface area contributed by atoms with Gasteiger partial charge in [0.15, 0.2) is 11.5 Å². The van der Waals surface area contributed by atoms with Gasteiger partial charge in [0.1, 0.15) is 0 Å². The summed E-state index contributed by atoms with van der Waals surface area (Å²) in [5, 5.41) is 10.5. The molecular formula is C16H10Cl2O3. The monoisotopic (exact) mass is 320 g/mol. The molecule has 21 heavy (non-hydrogen) atoms. The Morgan fingerprint density at radius 2 is 1.62 bits per heavy atom. The Morgan fingerprint density at radius 3 is 2.29 bits per heavy atom. The summed E-state index contributed by atoms with van der Waals surface area (Å²) in [6.07, 6.45) is 2.66. The van der Waals surface area contributed by atoms with E-state index in [4.69, 9.17) is 23.2 Å². The van der Waals surface area contributed by atoms with Crippen molar-refractivity contribution in [1.29, 1.82) is 0 Å². The Morgan fingerprint density at radius 1 is 1.00 bits per heavy atom. The fourth-order valence-electron chi connectivity index (χ4n) is 1.70. The quantitative estimate of drug-likeness (QED) is 0.688. The van der Waals surface area contributed by atoms with Gasteiger partial charge in [-0.3, -0.25) is 9.59 Å². The molecule has 0 amide bonds. The number of allylic oxidation sites excluding steroid dienone is 1. The highest BCUT2D eigenvalue weighted by Gasteiger charge is 2.10. The number of hydrogen-bond donors (Lipinski definition) is 1. The maximum absolute atomic E-state index is 12.1. The van der Waals surface area contributed by atoms with Gasteiger partial charge in [-0.2, -0.15) is 0 Å². The van der Waals surface area contributed by atoms with E-state index in [-0.39, 0.29) is 5.56 Å². The Bertz CT molecular complexity index is 762. The zero-order valence-corrected chi connectivity index (χ0v) is 12.2. The second kappa shape index (κ2) is 6.57. The Kier molecular flexibility index (Phi) is 4.78. The van der Waals surface area contributed by atoms with Crippen molar-refractivity contribution >= 4 is 35.1 Å². The number of carbonyl (C=O) groups is 1. The van der Waals surface area contributed by atoms with Crippen LogP contribution in [0, 0.1) is 0 Å². The third-order valence-electron chi connectivity index (χ3n) is 2.78. The minimum atomic E-state index is -0.618. The second-order valence-electron chi connectivity index (χ2n) is 4.18. The number of rotatable bonds is 3. The van der Waals surface area contributed by atoms with Crippen LogP contribution in [0.2, 0.25) is 10.0 Å². The van der Waals surface area contributed by atoms with Crippen molar-refractivity contribution in [3.05, 3.63) is 79.9 Å². The summed E-state index contributed by atoms with van der Waals surface area (Å²) >= 11 is 12.0. The number of hydrogen-bond acceptors (Lipinski definition) is 3. The lowest BCUT2D eigenvalue weighted by Crippen LogP contribution is -2.01. The molecule has 0 fully saturated rings. The second-order valence-corrected chi connectivity index (χ2v) is 4.99. The largest absolute Gasteiger partial charge is 0.504 e. The molecule has 0 bridgehead atoms. The molecule has 2 aromatic carbocycles. The highest BCUT2D eigenvalue weighted by molar-refractivity contribution is 6.37. The average Bonchev–Trinajstić information content (AvgIpc) is 2.61. The zero-order valence-electron chi connectivity index (χ0n) is 10.7. The summed E-state index contributed by atoms with van der Waals surface area (Å²) in [5.74, 6) is -1.10. The molecule has 0 atom stereocenters. The first kappa shape index (κ1) is 15.3. The SMILES string of the molecule is O=C(/C=C\c1c(Cl)cccc1Cl)c1ccccc(=O)c1O. The minimum absolute atomic E-state index is 0.0792. The van der Waals surface area contributed by atoms with Gasteiger partial charge in [0, 0.05) is 15.6 Å². The van der Waals surface area contributed by atoms with E-state index in [0.29, 0.717) is 15.6 Å². The lowest BCUT2D eigenvalue weighted by atomic mass is 10.1. The Labute approximate surface area is 131 Å². The summed E-state index contributed by atoms with van der Waals surface area (Å²) in [4.78, 5) is 23.5. The lowest BCUT2D eigenvalue weighted by Gasteiger charge is -2.00. The van der Waals surface area contributed by atoms with Crippen LogP contribution in [0.3, 0.4) is 0 Å². The van der Waals surface area contributed by atoms with Gasteiger partial charge in [-0.1, -0.05) is 41.4 Å². The molecule has 0 aliphatic rings. The average molecular weight is 321 g/mol. The predicted octanol–water partition coefficient (Wildman–Crippen LogP) is 3.96. The minimum Gasteiger partial charge on any atom is -0.504 e. The number of carbonyl (C=O) groups excluding carboxylic acids is 1. The molecule has 2 rings (SSSR count). The third-order valence-corrected chi connectivity index (χ3v) is 3.44. The fourth-order valence-corrected chi connectivity index (χ4v) is 2.23. The van der Waals surface area contributed by atoms with Crippen molar-refractivity contribution in [3.8, 4) is 5.75 Å². The van der Waals surface area contributed by atoms with E-state index < -0.39 is 17.0 Å². The van der Waals surface area contributed by atoms with Crippen molar-refractivity contribution in [2.75, 3.05) is 0 Å². The molecule has 0 radical (unpaired) electrons. The summed E-state index contributed by atoms with van der Waals surface area (Å²) in [6, 6.07) is 10.5. The van der Waals surface area contributed by atoms with Gasteiger partial charge >= 0.3 is 0 Å². The van der Waals surface area contributed by atoms with Gasteiger partial charge < -0.3 is 5.11 Å². The summed E-state index contributed by atoms with van der Waals surface area (Å²) in [6.45, 7) is 0. The van der Waals surface area contributed by atoms with Crippen molar-refractivity contribution in [1.82, 2.24) is 0 Å². The molecule has 0 saturated carbocycles. The summed E-state index contributed by atoms with van der Waals surface area (Å²) < 4.78 is 0. The first-order chi connectivity index (χ1) is 10.0. The molecule has 2 aromatic rings. The number of aromatic hydroxyl groups is 1. The third kappa shape index (κ3) is 3.51. The first-order valence-electron chi connectivity index (χ1n) is 5.99. The van der Waals surface area contributed by atoms with Crippen molar-refractivity contribution in [2.24, 2.45) is 0 Å². The molecule has 0 aliphatic heterocycles. The van der Waals surface area contributed by atoms with Gasteiger partial charge in [-0.25, -0.2) is 0 Å². The van der Waals surface area contributed by atoms with Crippen LogP contribution in [0.15, 0.2) is 53.3 Å². The topological polar surface area (TPSA) is 54.4 Å². The van der Waals surface area contributed by atoms with E-state index in [0.717, 1.165) is 0 Å². The fraction of sp³-hybridized carbons (Fsp3) is 0. The van der Waals surface area contributed by atoms with Crippen molar-refractivity contribution in [3.63, 3.8) is 0 Å². The van der Waals surface area contributed by atoms with E-state index in [1.807, 2.05) is 0 Å². The Balaban J connectivity index is 2.40. The lowest BCUT2D eigenvalue weighted by molar-refractivity contribution is 0.104. The van der Waals surface area contributed by atoms with Crippen LogP contribution in [-0.2, 0) is 0 Å². The van der Waals surface area contributed by atoms with E-state index >= 15 is 0 Å². The maximum Gasteiger partial charge on any atom is 0.220 e. The molecule has 1 N–H and O–H groups in total. The van der Waals surface area contributed by atoms with Gasteiger partial charge in [0.05, 0.1) is 5.56 Å². The molecule has 106 valence electrons. The standard InChI is InChI=1S/C16H10Cl2O3/c17-12-5-3-6-13(18)10(12)8-9-14(19)11-4-1-2-7-15(20)16(11)21/h1-9H,(H,20,21)/b9-8-. The van der Waals surface area contributed by atoms with Crippen molar-refractivity contribution in [2.45, 2.75) is 0 Å². The highest BCUT2D eigenvalue weighted by atomic mass is 35.5. The van der Waals surface area contributed by atoms with E-state index in [9.17, 15) is 14.7 Å². The highest BCUT2D eigenvalue weighted by Crippen LogP contribution is 2.25. The molecule has 3 nitrogen and oxygen atoms in total. The molecule has 0 unspecified atom stereocenters. The van der Waals surface area contributed by atoms with Crippen LogP contribution in [0.25, 0.3) is 6.08 Å². The van der Waals surface area contributed by atoms with E-state index in [2.05, 4.69) is 0 Å². The van der Waals surface area contributed by atoms with Crippen LogP contribution >= 0.6 is 23.2 Å². The molecule has 0 saturated heterocycles. The maximum atomic E-state index is 12.1. The van der Waals surface area contributed by atoms with Gasteiger partial charge in [-0.05, 0) is 36.4 Å². The summed E-state index contributed by atoms with van der Waals surface area (Å²) in [7, 11) is 0. The van der Waals surface area contributed by atoms with Crippen LogP contribution in [0.1, 0.15) is 15.9 Å². The first-order valence-corrected chi connectivity index (χ1v) is 6.75. The number of halogens is 2. The molecule has 0 heterocycles. The smallest absolute Gasteiger partial charge is 0.220 e. The van der Waals surface area contributed by atoms with E-state index in [1.165, 1.54) is 36.4 Å². The Hall–Kier alpha value is -2.10. The van der Waals surface area contributed by atoms with Crippen LogP contribution in [0.4, 0.5) is 0 Å². The number of benzene rings is 1. The van der Waals surface area contributed by atoms with Crippen LogP contribution < -0.4 is 5.43 Å². The number of ketones is 1. The van der Waals surface area contributed by atoms with Gasteiger partial charge in [-0.15, -0.1) is 0 Å².